The lowest BCUT2D eigenvalue weighted by Crippen LogP contribution is -2.46. The number of rotatable bonds is 17. The molecule has 1 aromatic carbocycles. The van der Waals surface area contributed by atoms with Gasteiger partial charge in [-0.05, 0) is 45.1 Å². The van der Waals surface area contributed by atoms with E-state index in [1.165, 1.54) is 23.3 Å². The number of methoxy groups -OCH3 is 1. The van der Waals surface area contributed by atoms with Crippen LogP contribution < -0.4 is 21.7 Å². The van der Waals surface area contributed by atoms with Crippen molar-refractivity contribution in [1.29, 1.82) is 5.41 Å². The summed E-state index contributed by atoms with van der Waals surface area (Å²) in [7, 11) is 7.05. The number of anilines is 4. The van der Waals surface area contributed by atoms with Crippen LogP contribution >= 0.6 is 0 Å². The largest absolute Gasteiger partial charge is 0.398 e. The van der Waals surface area contributed by atoms with Crippen LogP contribution in [0.15, 0.2) is 49.2 Å². The van der Waals surface area contributed by atoms with Crippen LogP contribution in [0.4, 0.5) is 23.1 Å². The second-order valence-electron chi connectivity index (χ2n) is 9.83. The minimum Gasteiger partial charge on any atom is -0.398 e. The number of carbonyl (C=O) groups excluding carboxylic acids is 2. The number of hydrogen-bond acceptors (Lipinski definition) is 10. The highest BCUT2D eigenvalue weighted by Gasteiger charge is 2.22. The molecule has 0 aliphatic rings. The molecule has 6 N–H and O–H groups in total. The van der Waals surface area contributed by atoms with Gasteiger partial charge in [0.25, 0.3) is 0 Å². The first-order valence-electron chi connectivity index (χ1n) is 13.9. The lowest BCUT2D eigenvalue weighted by molar-refractivity contribution is -0.133. The number of nitrogen functional groups attached to an aromatic ring is 1. The Kier molecular flexibility index (Phi) is 15.0. The summed E-state index contributed by atoms with van der Waals surface area (Å²) in [5.74, 6) is 6.63. The minimum absolute atomic E-state index is 0.271. The van der Waals surface area contributed by atoms with Gasteiger partial charge in [-0.3, -0.25) is 9.59 Å². The number of carbonyl (C=O) groups is 2. The minimum atomic E-state index is -0.774. The van der Waals surface area contributed by atoms with E-state index in [4.69, 9.17) is 15.9 Å². The third-order valence-electron chi connectivity index (χ3n) is 6.09. The molecular weight excluding hydrogens is 546 g/mol. The van der Waals surface area contributed by atoms with Gasteiger partial charge in [-0.1, -0.05) is 24.0 Å². The Hall–Kier alpha value is -4.73. The van der Waals surface area contributed by atoms with E-state index in [2.05, 4.69) is 44.3 Å². The summed E-state index contributed by atoms with van der Waals surface area (Å²) in [4.78, 5) is 37.3. The zero-order valence-electron chi connectivity index (χ0n) is 25.4. The Labute approximate surface area is 254 Å². The SMILES string of the molecule is C=C[C@@H](C(=O)NCCCC#Cc1cnc(Nc2ccc(C=N)c(N)c2)nc1NCCCOC)N(C)C(=O)/C=C/CN(C)C. The summed E-state index contributed by atoms with van der Waals surface area (Å²) in [5, 5.41) is 16.7. The number of amides is 2. The average Bonchev–Trinajstić information content (AvgIpc) is 2.98. The molecule has 12 heteroatoms. The fourth-order valence-electron chi connectivity index (χ4n) is 3.72. The number of aromatic nitrogens is 2. The Bertz CT molecular complexity index is 1330. The molecule has 0 saturated heterocycles. The Morgan fingerprint density at radius 2 is 2.02 bits per heavy atom. The lowest BCUT2D eigenvalue weighted by atomic mass is 10.2. The van der Waals surface area contributed by atoms with Gasteiger partial charge in [0.15, 0.2) is 0 Å². The van der Waals surface area contributed by atoms with Gasteiger partial charge in [-0.15, -0.1) is 6.58 Å². The number of nitrogens with one attached hydrogen (secondary N) is 4. The average molecular weight is 590 g/mol. The topological polar surface area (TPSA) is 162 Å². The van der Waals surface area contributed by atoms with Gasteiger partial charge in [-0.2, -0.15) is 4.98 Å². The van der Waals surface area contributed by atoms with E-state index in [1.54, 1.807) is 44.6 Å². The third kappa shape index (κ3) is 12.0. The van der Waals surface area contributed by atoms with Gasteiger partial charge in [0.2, 0.25) is 17.8 Å². The van der Waals surface area contributed by atoms with Crippen molar-refractivity contribution in [3.63, 3.8) is 0 Å². The van der Waals surface area contributed by atoms with Crippen molar-refractivity contribution in [2.75, 3.05) is 70.9 Å². The van der Waals surface area contributed by atoms with E-state index >= 15 is 0 Å². The number of benzene rings is 1. The number of likely N-dealkylation sites (N-methyl/N-ethyl adjacent to an activating group) is 2. The van der Waals surface area contributed by atoms with Crippen molar-refractivity contribution >= 4 is 41.2 Å². The molecule has 0 unspecified atom stereocenters. The molecule has 0 radical (unpaired) electrons. The van der Waals surface area contributed by atoms with Crippen molar-refractivity contribution in [3.8, 4) is 11.8 Å². The van der Waals surface area contributed by atoms with Crippen molar-refractivity contribution in [2.45, 2.75) is 25.3 Å². The van der Waals surface area contributed by atoms with Gasteiger partial charge in [0, 0.05) is 76.0 Å². The van der Waals surface area contributed by atoms with Crippen LogP contribution in [0.2, 0.25) is 0 Å². The lowest BCUT2D eigenvalue weighted by Gasteiger charge is -2.23. The Morgan fingerprint density at radius 1 is 1.23 bits per heavy atom. The molecule has 0 spiro atoms. The molecule has 12 nitrogen and oxygen atoms in total. The monoisotopic (exact) mass is 589 g/mol. The maximum absolute atomic E-state index is 12.7. The van der Waals surface area contributed by atoms with Gasteiger partial charge >= 0.3 is 0 Å². The summed E-state index contributed by atoms with van der Waals surface area (Å²) >= 11 is 0. The molecule has 2 amide bonds. The molecule has 0 aliphatic carbocycles. The zero-order valence-corrected chi connectivity index (χ0v) is 25.4. The molecule has 2 rings (SSSR count). The number of hydrogen-bond donors (Lipinski definition) is 5. The molecule has 0 bridgehead atoms. The summed E-state index contributed by atoms with van der Waals surface area (Å²) < 4.78 is 5.13. The number of nitrogens with two attached hydrogens (primary N) is 1. The predicted octanol–water partition coefficient (Wildman–Crippen LogP) is 2.63. The summed E-state index contributed by atoms with van der Waals surface area (Å²) in [5.41, 5.74) is 8.43. The van der Waals surface area contributed by atoms with Crippen molar-refractivity contribution < 1.29 is 14.3 Å². The van der Waals surface area contributed by atoms with Crippen LogP contribution in [0, 0.1) is 17.3 Å². The highest BCUT2D eigenvalue weighted by atomic mass is 16.5. The Morgan fingerprint density at radius 3 is 2.70 bits per heavy atom. The van der Waals surface area contributed by atoms with Gasteiger partial charge in [-0.25, -0.2) is 4.98 Å². The van der Waals surface area contributed by atoms with Gasteiger partial charge < -0.3 is 41.6 Å². The second-order valence-corrected chi connectivity index (χ2v) is 9.83. The quantitative estimate of drug-likeness (QED) is 0.0466. The molecule has 0 aliphatic heterocycles. The fraction of sp³-hybridized carbons (Fsp3) is 0.387. The molecule has 43 heavy (non-hydrogen) atoms. The highest BCUT2D eigenvalue weighted by molar-refractivity contribution is 5.93. The van der Waals surface area contributed by atoms with Gasteiger partial charge in [0.05, 0.1) is 11.8 Å². The van der Waals surface area contributed by atoms with Crippen molar-refractivity contribution in [1.82, 2.24) is 25.1 Å². The maximum atomic E-state index is 12.7. The second kappa shape index (κ2) is 18.7. The molecule has 0 saturated carbocycles. The standard InChI is InChI=1S/C31H43N9O3/c1-6-27(40(4)28(41)13-10-18-39(2)3)30(42)35-16-9-7-8-12-24-22-36-31(38-29(24)34-17-11-19-43-5)37-25-15-14-23(21-32)26(33)20-25/h6,10,13-15,20-22,27,32H,1,7,9,11,16-19,33H2,2-5H3,(H,35,42)(H2,34,36,37,38)/b13-10+,32-21?/t27-/m0/s1. The molecule has 1 aromatic heterocycles. The maximum Gasteiger partial charge on any atom is 0.246 e. The zero-order chi connectivity index (χ0) is 31.6. The van der Waals surface area contributed by atoms with Crippen LogP contribution in [0.3, 0.4) is 0 Å². The predicted molar refractivity (Wildman–Crippen MR) is 173 cm³/mol. The first-order valence-corrected chi connectivity index (χ1v) is 13.9. The normalized spacial score (nSPS) is 11.4. The van der Waals surface area contributed by atoms with Crippen molar-refractivity contribution in [3.05, 3.63) is 60.3 Å². The third-order valence-corrected chi connectivity index (χ3v) is 6.09. The number of ether oxygens (including phenoxy) is 1. The molecule has 1 atom stereocenters. The first kappa shape index (κ1) is 34.5. The van der Waals surface area contributed by atoms with Crippen LogP contribution in [0.1, 0.15) is 30.4 Å². The summed E-state index contributed by atoms with van der Waals surface area (Å²) in [6.45, 7) is 5.99. The van der Waals surface area contributed by atoms with Crippen molar-refractivity contribution in [2.24, 2.45) is 0 Å². The van der Waals surface area contributed by atoms with Crippen LogP contribution in [-0.2, 0) is 14.3 Å². The van der Waals surface area contributed by atoms with E-state index in [1.807, 2.05) is 19.0 Å². The summed E-state index contributed by atoms with van der Waals surface area (Å²) in [6, 6.07) is 4.49. The van der Waals surface area contributed by atoms with E-state index in [0.717, 1.165) is 6.42 Å². The van der Waals surface area contributed by atoms with E-state index in [-0.39, 0.29) is 11.8 Å². The van der Waals surface area contributed by atoms with E-state index < -0.39 is 6.04 Å². The number of unbranched alkanes of at least 4 members (excludes halogenated alkanes) is 1. The molecule has 0 fully saturated rings. The molecule has 1 heterocycles. The molecular formula is C31H43N9O3. The Balaban J connectivity index is 1.98. The number of nitrogens with zero attached hydrogens (tertiary/aromatic N) is 4. The van der Waals surface area contributed by atoms with Crippen LogP contribution in [0.5, 0.6) is 0 Å². The molecule has 230 valence electrons. The van der Waals surface area contributed by atoms with Crippen LogP contribution in [0.25, 0.3) is 0 Å². The smallest absolute Gasteiger partial charge is 0.246 e. The first-order chi connectivity index (χ1) is 20.7. The summed E-state index contributed by atoms with van der Waals surface area (Å²) in [6.07, 6.45) is 9.44. The molecule has 2 aromatic rings. The van der Waals surface area contributed by atoms with Crippen LogP contribution in [-0.4, -0.2) is 98.3 Å². The van der Waals surface area contributed by atoms with Gasteiger partial charge in [0.1, 0.15) is 11.9 Å². The highest BCUT2D eigenvalue weighted by Crippen LogP contribution is 2.21. The van der Waals surface area contributed by atoms with E-state index in [9.17, 15) is 9.59 Å². The van der Waals surface area contributed by atoms with E-state index in [0.29, 0.717) is 73.4 Å². The fourth-order valence-corrected chi connectivity index (χ4v) is 3.72.